The van der Waals surface area contributed by atoms with Gasteiger partial charge in [0.2, 0.25) is 0 Å². The molecule has 0 saturated heterocycles. The lowest BCUT2D eigenvalue weighted by atomic mass is 10.8. The molecule has 3 heteroatoms. The number of nitrogens with one attached hydrogen (secondary N) is 1. The summed E-state index contributed by atoms with van der Waals surface area (Å²) in [4.78, 5) is 0.924. The van der Waals surface area contributed by atoms with Gasteiger partial charge in [-0.05, 0) is 6.26 Å². The van der Waals surface area contributed by atoms with Gasteiger partial charge in [0.15, 0.2) is 0 Å². The molecule has 0 amide bonds. The maximum Gasteiger partial charge on any atom is 0.0851 e. The van der Waals surface area contributed by atoms with Gasteiger partial charge in [0.25, 0.3) is 0 Å². The molecule has 0 saturated carbocycles. The molecule has 0 spiro atoms. The summed E-state index contributed by atoms with van der Waals surface area (Å²) in [5.74, 6) is 0.936. The molecule has 0 heterocycles. The van der Waals surface area contributed by atoms with Crippen LogP contribution in [0.3, 0.4) is 0 Å². The first-order chi connectivity index (χ1) is 3.31. The minimum absolute atomic E-state index is 0.924. The standard InChI is InChI=1S/C4H9NS2/c1-5-4(6)3-7-2/h3H2,1-2H3,(H,5,6). The summed E-state index contributed by atoms with van der Waals surface area (Å²) in [6.45, 7) is 0. The van der Waals surface area contributed by atoms with Gasteiger partial charge in [-0.1, -0.05) is 12.2 Å². The van der Waals surface area contributed by atoms with Crippen LogP contribution >= 0.6 is 24.0 Å². The third-order valence-electron chi connectivity index (χ3n) is 0.554. The van der Waals surface area contributed by atoms with Gasteiger partial charge in [-0.2, -0.15) is 11.8 Å². The van der Waals surface area contributed by atoms with E-state index >= 15 is 0 Å². The Kier molecular flexibility index (Phi) is 4.55. The van der Waals surface area contributed by atoms with Crippen molar-refractivity contribution in [3.8, 4) is 0 Å². The molecule has 0 aromatic heterocycles. The molecule has 0 aliphatic heterocycles. The molecule has 0 unspecified atom stereocenters. The Morgan fingerprint density at radius 1 is 1.86 bits per heavy atom. The number of thioether (sulfide) groups is 1. The molecular weight excluding hydrogens is 126 g/mol. The van der Waals surface area contributed by atoms with Gasteiger partial charge in [0.1, 0.15) is 0 Å². The normalized spacial score (nSPS) is 8.29. The van der Waals surface area contributed by atoms with E-state index in [9.17, 15) is 0 Å². The average molecular weight is 135 g/mol. The van der Waals surface area contributed by atoms with Crippen LogP contribution in [0.2, 0.25) is 0 Å². The van der Waals surface area contributed by atoms with E-state index < -0.39 is 0 Å². The highest BCUT2D eigenvalue weighted by Crippen LogP contribution is 1.89. The summed E-state index contributed by atoms with van der Waals surface area (Å²) in [5, 5.41) is 2.88. The molecule has 42 valence electrons. The first-order valence-corrected chi connectivity index (χ1v) is 3.81. The number of rotatable bonds is 2. The third-order valence-corrected chi connectivity index (χ3v) is 1.66. The zero-order chi connectivity index (χ0) is 5.70. The second-order valence-corrected chi connectivity index (χ2v) is 2.47. The quantitative estimate of drug-likeness (QED) is 0.565. The van der Waals surface area contributed by atoms with Gasteiger partial charge < -0.3 is 5.32 Å². The van der Waals surface area contributed by atoms with Crippen LogP contribution in [0.5, 0.6) is 0 Å². The Bertz CT molecular complexity index is 62.7. The Labute approximate surface area is 53.9 Å². The molecule has 0 bridgehead atoms. The first-order valence-electron chi connectivity index (χ1n) is 2.00. The molecule has 1 N–H and O–H groups in total. The smallest absolute Gasteiger partial charge is 0.0851 e. The minimum atomic E-state index is 0.924. The van der Waals surface area contributed by atoms with E-state index in [0.717, 1.165) is 10.7 Å². The van der Waals surface area contributed by atoms with E-state index in [1.165, 1.54) is 0 Å². The van der Waals surface area contributed by atoms with Gasteiger partial charge >= 0.3 is 0 Å². The lowest BCUT2D eigenvalue weighted by molar-refractivity contribution is 1.20. The molecule has 0 aliphatic rings. The second kappa shape index (κ2) is 4.40. The Morgan fingerprint density at radius 2 is 2.43 bits per heavy atom. The third kappa shape index (κ3) is 4.09. The lowest BCUT2D eigenvalue weighted by Crippen LogP contribution is -2.17. The number of hydrogen-bond acceptors (Lipinski definition) is 2. The summed E-state index contributed by atoms with van der Waals surface area (Å²) in [6.07, 6.45) is 2.03. The van der Waals surface area contributed by atoms with Gasteiger partial charge in [-0.3, -0.25) is 0 Å². The van der Waals surface area contributed by atoms with Crippen molar-refractivity contribution in [2.75, 3.05) is 19.1 Å². The van der Waals surface area contributed by atoms with Crippen molar-refractivity contribution in [2.24, 2.45) is 0 Å². The molecule has 1 nitrogen and oxygen atoms in total. The molecule has 0 fully saturated rings. The zero-order valence-electron chi connectivity index (χ0n) is 4.52. The van der Waals surface area contributed by atoms with Crippen LogP contribution < -0.4 is 5.32 Å². The second-order valence-electron chi connectivity index (χ2n) is 1.11. The van der Waals surface area contributed by atoms with Crippen LogP contribution in [0.15, 0.2) is 0 Å². The van der Waals surface area contributed by atoms with Crippen molar-refractivity contribution in [3.05, 3.63) is 0 Å². The fourth-order valence-electron chi connectivity index (χ4n) is 0.203. The van der Waals surface area contributed by atoms with Crippen molar-refractivity contribution < 1.29 is 0 Å². The fraction of sp³-hybridized carbons (Fsp3) is 0.750. The number of hydrogen-bond donors (Lipinski definition) is 1. The minimum Gasteiger partial charge on any atom is -0.382 e. The highest BCUT2D eigenvalue weighted by molar-refractivity contribution is 8.00. The zero-order valence-corrected chi connectivity index (χ0v) is 6.16. The van der Waals surface area contributed by atoms with Gasteiger partial charge in [-0.15, -0.1) is 0 Å². The Hall–Kier alpha value is 0.240. The largest absolute Gasteiger partial charge is 0.382 e. The van der Waals surface area contributed by atoms with Crippen molar-refractivity contribution in [3.63, 3.8) is 0 Å². The van der Waals surface area contributed by atoms with E-state index in [2.05, 4.69) is 5.32 Å². The fourth-order valence-corrected chi connectivity index (χ4v) is 0.963. The molecule has 7 heavy (non-hydrogen) atoms. The highest BCUT2D eigenvalue weighted by atomic mass is 32.2. The van der Waals surface area contributed by atoms with Gasteiger partial charge in [0, 0.05) is 12.8 Å². The van der Waals surface area contributed by atoms with Crippen molar-refractivity contribution in [1.29, 1.82) is 0 Å². The number of thiocarbonyl (C=S) groups is 1. The summed E-state index contributed by atoms with van der Waals surface area (Å²) < 4.78 is 0. The molecule has 0 radical (unpaired) electrons. The van der Waals surface area contributed by atoms with Crippen molar-refractivity contribution in [2.45, 2.75) is 0 Å². The summed E-state index contributed by atoms with van der Waals surface area (Å²) in [5.41, 5.74) is 0. The molecule has 0 aliphatic carbocycles. The predicted octanol–water partition coefficient (Wildman–Crippen LogP) is 0.896. The van der Waals surface area contributed by atoms with Crippen LogP contribution in [-0.2, 0) is 0 Å². The van der Waals surface area contributed by atoms with Crippen LogP contribution in [0, 0.1) is 0 Å². The van der Waals surface area contributed by atoms with E-state index in [1.807, 2.05) is 13.3 Å². The maximum absolute atomic E-state index is 4.82. The summed E-state index contributed by atoms with van der Waals surface area (Å²) in [7, 11) is 1.85. The van der Waals surface area contributed by atoms with E-state index in [0.29, 0.717) is 0 Å². The van der Waals surface area contributed by atoms with Crippen LogP contribution in [0.4, 0.5) is 0 Å². The van der Waals surface area contributed by atoms with Crippen LogP contribution in [-0.4, -0.2) is 24.0 Å². The Balaban J connectivity index is 3.00. The first kappa shape index (κ1) is 7.24. The average Bonchev–Trinajstić information content (AvgIpc) is 1.68. The van der Waals surface area contributed by atoms with Crippen LogP contribution in [0.1, 0.15) is 0 Å². The van der Waals surface area contributed by atoms with Gasteiger partial charge in [0.05, 0.1) is 4.99 Å². The molecule has 0 rings (SSSR count). The molecular formula is C4H9NS2. The van der Waals surface area contributed by atoms with Crippen molar-refractivity contribution >= 4 is 29.0 Å². The monoisotopic (exact) mass is 135 g/mol. The van der Waals surface area contributed by atoms with E-state index in [1.54, 1.807) is 11.8 Å². The molecule has 0 atom stereocenters. The lowest BCUT2D eigenvalue weighted by Gasteiger charge is -1.95. The van der Waals surface area contributed by atoms with Gasteiger partial charge in [-0.25, -0.2) is 0 Å². The van der Waals surface area contributed by atoms with E-state index in [4.69, 9.17) is 12.2 Å². The highest BCUT2D eigenvalue weighted by Gasteiger charge is 1.84. The Morgan fingerprint density at radius 3 is 2.57 bits per heavy atom. The summed E-state index contributed by atoms with van der Waals surface area (Å²) >= 11 is 6.55. The van der Waals surface area contributed by atoms with Crippen LogP contribution in [0.25, 0.3) is 0 Å². The van der Waals surface area contributed by atoms with E-state index in [-0.39, 0.29) is 0 Å². The summed E-state index contributed by atoms with van der Waals surface area (Å²) in [6, 6.07) is 0. The predicted molar refractivity (Wildman–Crippen MR) is 40.0 cm³/mol. The molecule has 0 aromatic carbocycles. The van der Waals surface area contributed by atoms with Crippen molar-refractivity contribution in [1.82, 2.24) is 5.32 Å². The maximum atomic E-state index is 4.82. The topological polar surface area (TPSA) is 12.0 Å². The SMILES string of the molecule is CNC(=S)CSC. The molecule has 0 aromatic rings.